The molecule has 2 saturated heterocycles. The van der Waals surface area contributed by atoms with Crippen LogP contribution in [0.4, 0.5) is 5.13 Å². The first kappa shape index (κ1) is 24.2. The second-order valence-corrected chi connectivity index (χ2v) is 12.3. The minimum atomic E-state index is -3.54. The molecule has 0 N–H and O–H groups in total. The second-order valence-electron chi connectivity index (χ2n) is 9.42. The van der Waals surface area contributed by atoms with Crippen LogP contribution in [0.5, 0.6) is 0 Å². The molecule has 0 radical (unpaired) electrons. The molecule has 2 fully saturated rings. The predicted octanol–water partition coefficient (Wildman–Crippen LogP) is 4.38. The monoisotopic (exact) mass is 512 g/mol. The van der Waals surface area contributed by atoms with E-state index in [0.29, 0.717) is 25.2 Å². The fraction of sp³-hybridized carbons (Fsp3) is 0.462. The van der Waals surface area contributed by atoms with Crippen molar-refractivity contribution in [3.8, 4) is 0 Å². The first-order valence-corrected chi connectivity index (χ1v) is 14.7. The number of hydrogen-bond donors (Lipinski definition) is 0. The van der Waals surface area contributed by atoms with Crippen LogP contribution in [-0.2, 0) is 16.4 Å². The van der Waals surface area contributed by atoms with E-state index in [-0.39, 0.29) is 16.8 Å². The molecule has 5 rings (SSSR count). The van der Waals surface area contributed by atoms with E-state index in [2.05, 4.69) is 30.0 Å². The first-order valence-electron chi connectivity index (χ1n) is 12.4. The molecule has 1 amide bonds. The second kappa shape index (κ2) is 9.87. The van der Waals surface area contributed by atoms with E-state index in [0.717, 1.165) is 49.4 Å². The zero-order valence-electron chi connectivity index (χ0n) is 20.3. The zero-order chi connectivity index (χ0) is 24.6. The van der Waals surface area contributed by atoms with Crippen molar-refractivity contribution in [3.63, 3.8) is 0 Å². The molecule has 0 aliphatic carbocycles. The van der Waals surface area contributed by atoms with Crippen LogP contribution >= 0.6 is 11.3 Å². The van der Waals surface area contributed by atoms with Gasteiger partial charge in [0.05, 0.1) is 15.1 Å². The molecular formula is C26H32N4O3S2. The lowest BCUT2D eigenvalue weighted by Gasteiger charge is -2.34. The fourth-order valence-corrected chi connectivity index (χ4v) is 7.71. The van der Waals surface area contributed by atoms with E-state index in [1.165, 1.54) is 10.3 Å². The Labute approximate surface area is 211 Å². The third kappa shape index (κ3) is 4.81. The molecule has 2 aliphatic rings. The number of aromatic nitrogens is 1. The van der Waals surface area contributed by atoms with Crippen molar-refractivity contribution >= 4 is 42.6 Å². The Morgan fingerprint density at radius 1 is 1.03 bits per heavy atom. The van der Waals surface area contributed by atoms with Crippen molar-refractivity contribution < 1.29 is 13.2 Å². The summed E-state index contributed by atoms with van der Waals surface area (Å²) in [5.41, 5.74) is 2.86. The van der Waals surface area contributed by atoms with Gasteiger partial charge in [-0.15, -0.1) is 0 Å². The highest BCUT2D eigenvalue weighted by Gasteiger charge is 2.31. The van der Waals surface area contributed by atoms with Crippen LogP contribution in [0.15, 0.2) is 47.4 Å². The number of carbonyl (C=O) groups excluding carboxylic acids is 1. The van der Waals surface area contributed by atoms with Gasteiger partial charge in [-0.05, 0) is 68.1 Å². The minimum absolute atomic E-state index is 0.00970. The van der Waals surface area contributed by atoms with Crippen molar-refractivity contribution in [2.75, 3.05) is 37.6 Å². The number of aryl methyl sites for hydroxylation is 1. The van der Waals surface area contributed by atoms with Gasteiger partial charge in [0.25, 0.3) is 5.91 Å². The number of anilines is 1. The fourth-order valence-electron chi connectivity index (χ4n) is 4.93. The number of piperazine rings is 1. The molecule has 35 heavy (non-hydrogen) atoms. The normalized spacial score (nSPS) is 19.9. The van der Waals surface area contributed by atoms with Gasteiger partial charge in [0.1, 0.15) is 0 Å². The minimum Gasteiger partial charge on any atom is -0.345 e. The van der Waals surface area contributed by atoms with Crippen molar-refractivity contribution in [3.05, 3.63) is 53.6 Å². The summed E-state index contributed by atoms with van der Waals surface area (Å²) in [7, 11) is -3.54. The van der Waals surface area contributed by atoms with Crippen LogP contribution in [-0.4, -0.2) is 67.3 Å². The molecule has 3 heterocycles. The number of sulfonamides is 1. The first-order chi connectivity index (χ1) is 16.9. The zero-order valence-corrected chi connectivity index (χ0v) is 21.9. The molecule has 9 heteroatoms. The topological polar surface area (TPSA) is 73.8 Å². The Bertz CT molecular complexity index is 1310. The summed E-state index contributed by atoms with van der Waals surface area (Å²) in [5.74, 6) is -0.0585. The molecule has 7 nitrogen and oxygen atoms in total. The number of carbonyl (C=O) groups is 1. The Hall–Kier alpha value is -2.49. The van der Waals surface area contributed by atoms with Gasteiger partial charge < -0.3 is 9.80 Å². The van der Waals surface area contributed by atoms with Gasteiger partial charge in [-0.25, -0.2) is 13.4 Å². The molecule has 1 aromatic heterocycles. The van der Waals surface area contributed by atoms with Gasteiger partial charge in [-0.3, -0.25) is 4.79 Å². The SMILES string of the molecule is CCc1ccc2nc(N3CCN(C(=O)c4ccc(S(=O)(=O)N5CCCCC5C)cc4)CC3)sc2c1. The van der Waals surface area contributed by atoms with Crippen molar-refractivity contribution in [1.82, 2.24) is 14.2 Å². The summed E-state index contributed by atoms with van der Waals surface area (Å²) in [6, 6.07) is 12.9. The number of rotatable bonds is 5. The van der Waals surface area contributed by atoms with Crippen molar-refractivity contribution in [1.29, 1.82) is 0 Å². The smallest absolute Gasteiger partial charge is 0.253 e. The molecule has 0 saturated carbocycles. The van der Waals surface area contributed by atoms with Crippen LogP contribution in [0, 0.1) is 0 Å². The molecule has 0 spiro atoms. The number of nitrogens with zero attached hydrogens (tertiary/aromatic N) is 4. The van der Waals surface area contributed by atoms with Crippen LogP contribution in [0.1, 0.15) is 49.0 Å². The number of hydrogen-bond acceptors (Lipinski definition) is 6. The number of thiazole rings is 1. The summed E-state index contributed by atoms with van der Waals surface area (Å²) < 4.78 is 28.9. The predicted molar refractivity (Wildman–Crippen MR) is 141 cm³/mol. The van der Waals surface area contributed by atoms with E-state index < -0.39 is 10.0 Å². The third-order valence-corrected chi connectivity index (χ3v) is 10.2. The van der Waals surface area contributed by atoms with Gasteiger partial charge in [0, 0.05) is 44.3 Å². The number of benzene rings is 2. The maximum Gasteiger partial charge on any atom is 0.253 e. The highest BCUT2D eigenvalue weighted by molar-refractivity contribution is 7.89. The highest BCUT2D eigenvalue weighted by Crippen LogP contribution is 2.31. The van der Waals surface area contributed by atoms with Gasteiger partial charge in [-0.1, -0.05) is 30.7 Å². The number of fused-ring (bicyclic) bond motifs is 1. The third-order valence-electron chi connectivity index (χ3n) is 7.14. The molecule has 0 bridgehead atoms. The molecular weight excluding hydrogens is 480 g/mol. The van der Waals surface area contributed by atoms with Crippen LogP contribution in [0.3, 0.4) is 0 Å². The summed E-state index contributed by atoms with van der Waals surface area (Å²) in [6.45, 7) is 7.35. The van der Waals surface area contributed by atoms with Crippen molar-refractivity contribution in [2.24, 2.45) is 0 Å². The standard InChI is InChI=1S/C26H32N4O3S2/c1-3-20-7-12-23-24(18-20)34-26(27-23)29-16-14-28(15-17-29)25(31)21-8-10-22(11-9-21)35(32,33)30-13-5-4-6-19(30)2/h7-12,18-19H,3-6,13-17H2,1-2H3. The van der Waals surface area contributed by atoms with Crippen molar-refractivity contribution in [2.45, 2.75) is 50.5 Å². The number of amides is 1. The lowest BCUT2D eigenvalue weighted by molar-refractivity contribution is 0.0746. The molecule has 2 aromatic carbocycles. The summed E-state index contributed by atoms with van der Waals surface area (Å²) in [6.07, 6.45) is 3.85. The Kier molecular flexibility index (Phi) is 6.83. The summed E-state index contributed by atoms with van der Waals surface area (Å²) in [4.78, 5) is 22.2. The van der Waals surface area contributed by atoms with E-state index in [4.69, 9.17) is 4.98 Å². The van der Waals surface area contributed by atoms with Crippen LogP contribution < -0.4 is 4.90 Å². The maximum absolute atomic E-state index is 13.1. The Morgan fingerprint density at radius 2 is 1.77 bits per heavy atom. The molecule has 1 atom stereocenters. The summed E-state index contributed by atoms with van der Waals surface area (Å²) >= 11 is 1.71. The Balaban J connectivity index is 1.23. The molecule has 3 aromatic rings. The average Bonchev–Trinajstić information content (AvgIpc) is 3.32. The number of piperidine rings is 1. The van der Waals surface area contributed by atoms with Crippen LogP contribution in [0.2, 0.25) is 0 Å². The van der Waals surface area contributed by atoms with Gasteiger partial charge >= 0.3 is 0 Å². The van der Waals surface area contributed by atoms with Gasteiger partial charge in [0.15, 0.2) is 5.13 Å². The molecule has 186 valence electrons. The van der Waals surface area contributed by atoms with Gasteiger partial charge in [-0.2, -0.15) is 4.31 Å². The lowest BCUT2D eigenvalue weighted by Crippen LogP contribution is -2.48. The quantitative estimate of drug-likeness (QED) is 0.507. The van der Waals surface area contributed by atoms with E-state index in [1.807, 2.05) is 11.8 Å². The Morgan fingerprint density at radius 3 is 2.46 bits per heavy atom. The van der Waals surface area contributed by atoms with E-state index >= 15 is 0 Å². The lowest BCUT2D eigenvalue weighted by atomic mass is 10.1. The largest absolute Gasteiger partial charge is 0.345 e. The van der Waals surface area contributed by atoms with E-state index in [1.54, 1.807) is 39.9 Å². The summed E-state index contributed by atoms with van der Waals surface area (Å²) in [5, 5.41) is 1.00. The molecule has 2 aliphatic heterocycles. The highest BCUT2D eigenvalue weighted by atomic mass is 32.2. The maximum atomic E-state index is 13.1. The van der Waals surface area contributed by atoms with Gasteiger partial charge in [0.2, 0.25) is 10.0 Å². The van der Waals surface area contributed by atoms with Crippen LogP contribution in [0.25, 0.3) is 10.2 Å². The average molecular weight is 513 g/mol. The van der Waals surface area contributed by atoms with E-state index in [9.17, 15) is 13.2 Å². The molecule has 1 unspecified atom stereocenters.